The molecule has 4 aromatic rings. The van der Waals surface area contributed by atoms with Gasteiger partial charge in [0.15, 0.2) is 5.58 Å². The standard InChI is InChI=1S/C22H25N5O2/c1-28-17-7-8-19-20(15-17)27(25-23-19)12-4-11-26-13-9-16(10-14-26)22-18-5-2-3-6-21(18)29-24-22/h2-3,5-8,15-16H,4,9-14H2,1H3. The van der Waals surface area contributed by atoms with Gasteiger partial charge >= 0.3 is 0 Å². The van der Waals surface area contributed by atoms with Crippen LogP contribution in [0.15, 0.2) is 47.0 Å². The van der Waals surface area contributed by atoms with Crippen molar-refractivity contribution in [3.63, 3.8) is 0 Å². The Bertz CT molecular complexity index is 1110. The molecule has 2 aromatic carbocycles. The molecule has 0 aliphatic carbocycles. The second-order valence-corrected chi connectivity index (χ2v) is 7.70. The molecule has 0 radical (unpaired) electrons. The summed E-state index contributed by atoms with van der Waals surface area (Å²) in [6.07, 6.45) is 3.30. The van der Waals surface area contributed by atoms with Crippen molar-refractivity contribution in [2.24, 2.45) is 0 Å². The molecule has 0 saturated carbocycles. The molecule has 1 aliphatic rings. The van der Waals surface area contributed by atoms with E-state index in [0.29, 0.717) is 5.92 Å². The molecule has 7 heteroatoms. The molecular formula is C22H25N5O2. The summed E-state index contributed by atoms with van der Waals surface area (Å²) in [6.45, 7) is 4.12. The lowest BCUT2D eigenvalue weighted by atomic mass is 9.91. The van der Waals surface area contributed by atoms with Crippen molar-refractivity contribution in [1.82, 2.24) is 25.1 Å². The second-order valence-electron chi connectivity index (χ2n) is 7.70. The van der Waals surface area contributed by atoms with Gasteiger partial charge in [-0.1, -0.05) is 22.5 Å². The van der Waals surface area contributed by atoms with Gasteiger partial charge < -0.3 is 14.2 Å². The number of methoxy groups -OCH3 is 1. The molecule has 0 N–H and O–H groups in total. The second kappa shape index (κ2) is 7.83. The van der Waals surface area contributed by atoms with E-state index in [0.717, 1.165) is 73.5 Å². The average molecular weight is 391 g/mol. The van der Waals surface area contributed by atoms with Crippen molar-refractivity contribution in [2.45, 2.75) is 31.7 Å². The van der Waals surface area contributed by atoms with E-state index in [1.165, 1.54) is 5.39 Å². The van der Waals surface area contributed by atoms with E-state index in [2.05, 4.69) is 32.5 Å². The molecule has 0 atom stereocenters. The normalized spacial score (nSPS) is 16.0. The zero-order valence-electron chi connectivity index (χ0n) is 16.6. The Hall–Kier alpha value is -2.93. The summed E-state index contributed by atoms with van der Waals surface area (Å²) in [7, 11) is 1.68. The van der Waals surface area contributed by atoms with E-state index in [1.54, 1.807) is 7.11 Å². The summed E-state index contributed by atoms with van der Waals surface area (Å²) in [4.78, 5) is 2.54. The number of para-hydroxylation sites is 1. The van der Waals surface area contributed by atoms with Crippen molar-refractivity contribution in [2.75, 3.05) is 26.7 Å². The van der Waals surface area contributed by atoms with Crippen LogP contribution in [0.3, 0.4) is 0 Å². The van der Waals surface area contributed by atoms with Gasteiger partial charge in [0.1, 0.15) is 11.3 Å². The first-order valence-electron chi connectivity index (χ1n) is 10.3. The third-order valence-electron chi connectivity index (χ3n) is 5.94. The summed E-state index contributed by atoms with van der Waals surface area (Å²) in [6, 6.07) is 14.0. The predicted molar refractivity (Wildman–Crippen MR) is 111 cm³/mol. The van der Waals surface area contributed by atoms with Gasteiger partial charge in [0.05, 0.1) is 18.3 Å². The van der Waals surface area contributed by atoms with Crippen LogP contribution in [0.1, 0.15) is 30.9 Å². The topological polar surface area (TPSA) is 69.2 Å². The molecule has 5 rings (SSSR count). The summed E-state index contributed by atoms with van der Waals surface area (Å²) >= 11 is 0. The molecule has 29 heavy (non-hydrogen) atoms. The number of aryl methyl sites for hydroxylation is 1. The van der Waals surface area contributed by atoms with Crippen molar-refractivity contribution >= 4 is 22.0 Å². The fraction of sp³-hybridized carbons (Fsp3) is 0.409. The fourth-order valence-electron chi connectivity index (χ4n) is 4.31. The lowest BCUT2D eigenvalue weighted by Gasteiger charge is -2.31. The molecule has 1 aliphatic heterocycles. The van der Waals surface area contributed by atoms with E-state index in [4.69, 9.17) is 9.26 Å². The molecule has 0 amide bonds. The van der Waals surface area contributed by atoms with Crippen LogP contribution < -0.4 is 4.74 Å². The maximum Gasteiger partial charge on any atom is 0.167 e. The van der Waals surface area contributed by atoms with Crippen molar-refractivity contribution in [1.29, 1.82) is 0 Å². The first-order chi connectivity index (χ1) is 14.3. The Morgan fingerprint density at radius 1 is 1.10 bits per heavy atom. The Labute approximate surface area is 169 Å². The van der Waals surface area contributed by atoms with Crippen LogP contribution in [-0.2, 0) is 6.54 Å². The van der Waals surface area contributed by atoms with Gasteiger partial charge in [-0.15, -0.1) is 5.10 Å². The van der Waals surface area contributed by atoms with Gasteiger partial charge in [-0.05, 0) is 63.2 Å². The van der Waals surface area contributed by atoms with Crippen molar-refractivity contribution < 1.29 is 9.26 Å². The van der Waals surface area contributed by atoms with Gasteiger partial charge in [0.25, 0.3) is 0 Å². The third-order valence-corrected chi connectivity index (χ3v) is 5.94. The molecule has 1 saturated heterocycles. The fourth-order valence-corrected chi connectivity index (χ4v) is 4.31. The maximum absolute atomic E-state index is 5.50. The van der Waals surface area contributed by atoms with Gasteiger partial charge in [0.2, 0.25) is 0 Å². The molecule has 150 valence electrons. The van der Waals surface area contributed by atoms with E-state index in [9.17, 15) is 0 Å². The SMILES string of the molecule is COc1ccc2nnn(CCCN3CCC(c4noc5ccccc45)CC3)c2c1. The number of likely N-dealkylation sites (tertiary alicyclic amines) is 1. The highest BCUT2D eigenvalue weighted by atomic mass is 16.5. The molecule has 0 spiro atoms. The van der Waals surface area contributed by atoms with E-state index in [1.807, 2.05) is 35.0 Å². The summed E-state index contributed by atoms with van der Waals surface area (Å²) in [5.74, 6) is 1.32. The van der Waals surface area contributed by atoms with Crippen LogP contribution in [0.2, 0.25) is 0 Å². The smallest absolute Gasteiger partial charge is 0.167 e. The average Bonchev–Trinajstić information content (AvgIpc) is 3.38. The van der Waals surface area contributed by atoms with Crippen LogP contribution >= 0.6 is 0 Å². The zero-order valence-corrected chi connectivity index (χ0v) is 16.6. The number of hydrogen-bond acceptors (Lipinski definition) is 6. The molecule has 0 bridgehead atoms. The Morgan fingerprint density at radius 3 is 2.83 bits per heavy atom. The Balaban J connectivity index is 1.16. The molecule has 7 nitrogen and oxygen atoms in total. The van der Waals surface area contributed by atoms with Gasteiger partial charge in [-0.3, -0.25) is 0 Å². The number of fused-ring (bicyclic) bond motifs is 2. The van der Waals surface area contributed by atoms with E-state index < -0.39 is 0 Å². The molecule has 0 unspecified atom stereocenters. The van der Waals surface area contributed by atoms with Crippen LogP contribution in [0.4, 0.5) is 0 Å². The van der Waals surface area contributed by atoms with Crippen molar-refractivity contribution in [3.8, 4) is 5.75 Å². The predicted octanol–water partition coefficient (Wildman–Crippen LogP) is 3.85. The summed E-state index contributed by atoms with van der Waals surface area (Å²) in [5.41, 5.74) is 3.96. The lowest BCUT2D eigenvalue weighted by Crippen LogP contribution is -2.34. The highest BCUT2D eigenvalue weighted by molar-refractivity contribution is 5.79. The van der Waals surface area contributed by atoms with E-state index in [-0.39, 0.29) is 0 Å². The minimum atomic E-state index is 0.488. The molecule has 1 fully saturated rings. The largest absolute Gasteiger partial charge is 0.497 e. The van der Waals surface area contributed by atoms with Gasteiger partial charge in [-0.2, -0.15) is 0 Å². The quantitative estimate of drug-likeness (QED) is 0.497. The Morgan fingerprint density at radius 2 is 1.97 bits per heavy atom. The maximum atomic E-state index is 5.50. The first kappa shape index (κ1) is 18.1. The molecule has 2 aromatic heterocycles. The minimum Gasteiger partial charge on any atom is -0.497 e. The summed E-state index contributed by atoms with van der Waals surface area (Å²) < 4.78 is 12.8. The number of rotatable bonds is 6. The van der Waals surface area contributed by atoms with E-state index >= 15 is 0 Å². The number of piperidine rings is 1. The highest BCUT2D eigenvalue weighted by Gasteiger charge is 2.24. The first-order valence-corrected chi connectivity index (χ1v) is 10.3. The number of ether oxygens (including phenoxy) is 1. The van der Waals surface area contributed by atoms with Crippen LogP contribution in [0.25, 0.3) is 22.0 Å². The third kappa shape index (κ3) is 3.58. The number of benzene rings is 2. The lowest BCUT2D eigenvalue weighted by molar-refractivity contribution is 0.203. The number of nitrogens with zero attached hydrogens (tertiary/aromatic N) is 5. The van der Waals surface area contributed by atoms with Gasteiger partial charge in [0, 0.05) is 23.9 Å². The molecule has 3 heterocycles. The highest BCUT2D eigenvalue weighted by Crippen LogP contribution is 2.32. The van der Waals surface area contributed by atoms with Gasteiger partial charge in [-0.25, -0.2) is 4.68 Å². The molecular weight excluding hydrogens is 366 g/mol. The van der Waals surface area contributed by atoms with Crippen LogP contribution in [-0.4, -0.2) is 51.8 Å². The van der Waals surface area contributed by atoms with Crippen molar-refractivity contribution in [3.05, 3.63) is 48.2 Å². The number of aromatic nitrogens is 4. The summed E-state index contributed by atoms with van der Waals surface area (Å²) in [5, 5.41) is 14.1. The van der Waals surface area contributed by atoms with Crippen LogP contribution in [0.5, 0.6) is 5.75 Å². The number of hydrogen-bond donors (Lipinski definition) is 0. The Kier molecular flexibility index (Phi) is 4.89. The zero-order chi connectivity index (χ0) is 19.6. The minimum absolute atomic E-state index is 0.488. The van der Waals surface area contributed by atoms with Crippen LogP contribution in [0, 0.1) is 0 Å². The monoisotopic (exact) mass is 391 g/mol.